The highest BCUT2D eigenvalue weighted by molar-refractivity contribution is 7.15. The van der Waals surface area contributed by atoms with Crippen molar-refractivity contribution in [2.45, 2.75) is 19.6 Å². The van der Waals surface area contributed by atoms with E-state index in [9.17, 15) is 0 Å². The van der Waals surface area contributed by atoms with E-state index in [0.29, 0.717) is 12.0 Å². The third-order valence-electron chi connectivity index (χ3n) is 4.39. The van der Waals surface area contributed by atoms with Crippen LogP contribution in [-0.2, 0) is 11.3 Å². The first-order valence-electron chi connectivity index (χ1n) is 7.68. The van der Waals surface area contributed by atoms with E-state index in [1.54, 1.807) is 17.6 Å². The molecule has 0 radical (unpaired) electrons. The molecule has 118 valence electrons. The molecule has 0 bridgehead atoms. The zero-order chi connectivity index (χ0) is 14.9. The summed E-state index contributed by atoms with van der Waals surface area (Å²) in [5.41, 5.74) is 1.23. The predicted molar refractivity (Wildman–Crippen MR) is 84.1 cm³/mol. The Morgan fingerprint density at radius 1 is 1.32 bits per heavy atom. The van der Waals surface area contributed by atoms with Gasteiger partial charge in [-0.15, -0.1) is 10.2 Å². The summed E-state index contributed by atoms with van der Waals surface area (Å²) in [6, 6.07) is 2.04. The molecule has 0 saturated carbocycles. The van der Waals surface area contributed by atoms with E-state index in [4.69, 9.17) is 9.15 Å². The van der Waals surface area contributed by atoms with Crippen molar-refractivity contribution >= 4 is 16.5 Å². The average Bonchev–Trinajstić information content (AvgIpc) is 3.20. The van der Waals surface area contributed by atoms with Crippen LogP contribution in [0.1, 0.15) is 10.6 Å². The second kappa shape index (κ2) is 5.98. The molecule has 2 aromatic rings. The molecule has 0 N–H and O–H groups in total. The van der Waals surface area contributed by atoms with Crippen molar-refractivity contribution in [3.05, 3.63) is 29.2 Å². The van der Waals surface area contributed by atoms with Gasteiger partial charge in [0.2, 0.25) is 5.13 Å². The van der Waals surface area contributed by atoms with E-state index in [1.807, 2.05) is 19.3 Å². The maximum Gasteiger partial charge on any atom is 0.208 e. The molecular weight excluding hydrogens is 300 g/mol. The van der Waals surface area contributed by atoms with Gasteiger partial charge in [-0.3, -0.25) is 4.90 Å². The largest absolute Gasteiger partial charge is 0.472 e. The second-order valence-corrected chi connectivity index (χ2v) is 7.20. The summed E-state index contributed by atoms with van der Waals surface area (Å²) in [5.74, 6) is 0.526. The van der Waals surface area contributed by atoms with Gasteiger partial charge in [0, 0.05) is 44.2 Å². The van der Waals surface area contributed by atoms with Crippen LogP contribution in [0.4, 0.5) is 5.13 Å². The SMILES string of the molecule is Cc1nnc(N2C[C@H]3CN(Cc4ccoc4)CCO[C@H]3C2)s1. The van der Waals surface area contributed by atoms with Crippen LogP contribution >= 0.6 is 11.3 Å². The Hall–Kier alpha value is -1.44. The molecule has 4 rings (SSSR count). The van der Waals surface area contributed by atoms with Gasteiger partial charge < -0.3 is 14.1 Å². The van der Waals surface area contributed by atoms with Gasteiger partial charge in [0.05, 0.1) is 25.2 Å². The Morgan fingerprint density at radius 2 is 2.27 bits per heavy atom. The average molecular weight is 320 g/mol. The third-order valence-corrected chi connectivity index (χ3v) is 5.28. The Labute approximate surface area is 133 Å². The summed E-state index contributed by atoms with van der Waals surface area (Å²) in [6.07, 6.45) is 3.87. The molecule has 2 aliphatic heterocycles. The fourth-order valence-electron chi connectivity index (χ4n) is 3.32. The molecule has 0 aromatic carbocycles. The maximum atomic E-state index is 6.08. The maximum absolute atomic E-state index is 6.08. The minimum atomic E-state index is 0.304. The lowest BCUT2D eigenvalue weighted by atomic mass is 10.1. The number of hydrogen-bond donors (Lipinski definition) is 0. The van der Waals surface area contributed by atoms with E-state index in [1.165, 1.54) is 5.56 Å². The molecule has 2 aromatic heterocycles. The number of nitrogens with zero attached hydrogens (tertiary/aromatic N) is 4. The van der Waals surface area contributed by atoms with Crippen molar-refractivity contribution in [1.82, 2.24) is 15.1 Å². The molecule has 2 aliphatic rings. The summed E-state index contributed by atoms with van der Waals surface area (Å²) in [5, 5.41) is 10.4. The molecule has 2 atom stereocenters. The van der Waals surface area contributed by atoms with Crippen LogP contribution in [0.3, 0.4) is 0 Å². The summed E-state index contributed by atoms with van der Waals surface area (Å²) < 4.78 is 11.3. The first-order valence-corrected chi connectivity index (χ1v) is 8.49. The van der Waals surface area contributed by atoms with Crippen LogP contribution in [0.25, 0.3) is 0 Å². The molecule has 0 aliphatic carbocycles. The Morgan fingerprint density at radius 3 is 3.05 bits per heavy atom. The quantitative estimate of drug-likeness (QED) is 0.859. The topological polar surface area (TPSA) is 54.6 Å². The third kappa shape index (κ3) is 2.88. The van der Waals surface area contributed by atoms with Gasteiger partial charge in [-0.25, -0.2) is 0 Å². The standard InChI is InChI=1S/C15H20N4O2S/c1-11-16-17-15(22-11)19-8-13-7-18(3-5-21-14(13)9-19)6-12-2-4-20-10-12/h2,4,10,13-14H,3,5-9H2,1H3/t13-,14+/m1/s1. The fraction of sp³-hybridized carbons (Fsp3) is 0.600. The lowest BCUT2D eigenvalue weighted by molar-refractivity contribution is 0.0579. The number of ether oxygens (including phenoxy) is 1. The molecule has 2 saturated heterocycles. The van der Waals surface area contributed by atoms with E-state index in [0.717, 1.165) is 49.5 Å². The lowest BCUT2D eigenvalue weighted by Crippen LogP contribution is -2.32. The van der Waals surface area contributed by atoms with Crippen LogP contribution in [0.2, 0.25) is 0 Å². The number of fused-ring (bicyclic) bond motifs is 1. The summed E-state index contributed by atoms with van der Waals surface area (Å²) >= 11 is 1.66. The van der Waals surface area contributed by atoms with Gasteiger partial charge >= 0.3 is 0 Å². The van der Waals surface area contributed by atoms with E-state index in [-0.39, 0.29) is 0 Å². The van der Waals surface area contributed by atoms with Crippen LogP contribution in [0.5, 0.6) is 0 Å². The molecule has 22 heavy (non-hydrogen) atoms. The van der Waals surface area contributed by atoms with Crippen molar-refractivity contribution in [3.63, 3.8) is 0 Å². The summed E-state index contributed by atoms with van der Waals surface area (Å²) in [7, 11) is 0. The van der Waals surface area contributed by atoms with Gasteiger partial charge in [-0.05, 0) is 13.0 Å². The monoisotopic (exact) mass is 320 g/mol. The van der Waals surface area contributed by atoms with Gasteiger partial charge in [0.25, 0.3) is 0 Å². The van der Waals surface area contributed by atoms with Crippen molar-refractivity contribution < 1.29 is 9.15 Å². The zero-order valence-electron chi connectivity index (χ0n) is 12.6. The summed E-state index contributed by atoms with van der Waals surface area (Å²) in [4.78, 5) is 4.78. The molecule has 0 amide bonds. The highest BCUT2D eigenvalue weighted by atomic mass is 32.1. The highest BCUT2D eigenvalue weighted by Gasteiger charge is 2.37. The first-order chi connectivity index (χ1) is 10.8. The van der Waals surface area contributed by atoms with Crippen LogP contribution in [0, 0.1) is 12.8 Å². The molecule has 7 heteroatoms. The number of aryl methyl sites for hydroxylation is 1. The Kier molecular flexibility index (Phi) is 3.85. The van der Waals surface area contributed by atoms with Crippen LogP contribution in [0.15, 0.2) is 23.0 Å². The minimum absolute atomic E-state index is 0.304. The van der Waals surface area contributed by atoms with E-state index >= 15 is 0 Å². The molecule has 2 fully saturated rings. The predicted octanol–water partition coefficient (Wildman–Crippen LogP) is 1.78. The molecule has 0 spiro atoms. The highest BCUT2D eigenvalue weighted by Crippen LogP contribution is 2.30. The van der Waals surface area contributed by atoms with Crippen molar-refractivity contribution in [2.24, 2.45) is 5.92 Å². The number of anilines is 1. The summed E-state index contributed by atoms with van der Waals surface area (Å²) in [6.45, 7) is 7.70. The minimum Gasteiger partial charge on any atom is -0.472 e. The zero-order valence-corrected chi connectivity index (χ0v) is 13.5. The number of aromatic nitrogens is 2. The Bertz CT molecular complexity index is 615. The Balaban J connectivity index is 1.43. The normalized spacial score (nSPS) is 26.1. The molecular formula is C15H20N4O2S. The van der Waals surface area contributed by atoms with Crippen molar-refractivity contribution in [3.8, 4) is 0 Å². The number of hydrogen-bond acceptors (Lipinski definition) is 7. The fourth-order valence-corrected chi connectivity index (χ4v) is 4.02. The van der Waals surface area contributed by atoms with E-state index in [2.05, 4.69) is 20.0 Å². The number of rotatable bonds is 3. The van der Waals surface area contributed by atoms with Gasteiger partial charge in [-0.2, -0.15) is 0 Å². The van der Waals surface area contributed by atoms with Gasteiger partial charge in [0.15, 0.2) is 0 Å². The number of furan rings is 1. The van der Waals surface area contributed by atoms with Gasteiger partial charge in [0.1, 0.15) is 5.01 Å². The van der Waals surface area contributed by atoms with Gasteiger partial charge in [-0.1, -0.05) is 11.3 Å². The second-order valence-electron chi connectivity index (χ2n) is 6.04. The van der Waals surface area contributed by atoms with Crippen molar-refractivity contribution in [2.75, 3.05) is 37.7 Å². The lowest BCUT2D eigenvalue weighted by Gasteiger charge is -2.22. The molecule has 6 nitrogen and oxygen atoms in total. The molecule has 4 heterocycles. The first kappa shape index (κ1) is 14.2. The smallest absolute Gasteiger partial charge is 0.208 e. The van der Waals surface area contributed by atoms with E-state index < -0.39 is 0 Å². The van der Waals surface area contributed by atoms with Crippen LogP contribution in [-0.4, -0.2) is 54.0 Å². The van der Waals surface area contributed by atoms with Crippen LogP contribution < -0.4 is 4.90 Å². The molecule has 0 unspecified atom stereocenters. The van der Waals surface area contributed by atoms with Crippen molar-refractivity contribution in [1.29, 1.82) is 0 Å².